The Morgan fingerprint density at radius 3 is 3.07 bits per heavy atom. The summed E-state index contributed by atoms with van der Waals surface area (Å²) in [6, 6.07) is 6.09. The van der Waals surface area contributed by atoms with Gasteiger partial charge in [0.1, 0.15) is 0 Å². The number of hydrogen-bond acceptors (Lipinski definition) is 3. The van der Waals surface area contributed by atoms with Gasteiger partial charge in [0.2, 0.25) is 0 Å². The SMILES string of the molecule is Cn1cnc2cc(C(N)CS)ccc21. The number of aryl methyl sites for hydroxylation is 1. The van der Waals surface area contributed by atoms with Crippen molar-refractivity contribution in [3.8, 4) is 0 Å². The molecule has 0 amide bonds. The smallest absolute Gasteiger partial charge is 0.0955 e. The Morgan fingerprint density at radius 2 is 2.36 bits per heavy atom. The van der Waals surface area contributed by atoms with Gasteiger partial charge in [-0.1, -0.05) is 6.07 Å². The molecule has 0 fully saturated rings. The number of nitrogens with zero attached hydrogens (tertiary/aromatic N) is 2. The summed E-state index contributed by atoms with van der Waals surface area (Å²) >= 11 is 4.18. The fraction of sp³-hybridized carbons (Fsp3) is 0.300. The van der Waals surface area contributed by atoms with Gasteiger partial charge in [-0.15, -0.1) is 0 Å². The van der Waals surface area contributed by atoms with Crippen molar-refractivity contribution in [3.05, 3.63) is 30.1 Å². The summed E-state index contributed by atoms with van der Waals surface area (Å²) in [7, 11) is 1.98. The number of benzene rings is 1. The minimum absolute atomic E-state index is 0.00950. The van der Waals surface area contributed by atoms with E-state index in [1.165, 1.54) is 0 Å². The van der Waals surface area contributed by atoms with Crippen LogP contribution in [0.4, 0.5) is 0 Å². The fourth-order valence-electron chi connectivity index (χ4n) is 1.49. The van der Waals surface area contributed by atoms with E-state index in [0.29, 0.717) is 5.75 Å². The molecule has 0 bridgehead atoms. The van der Waals surface area contributed by atoms with Crippen LogP contribution in [0.3, 0.4) is 0 Å². The molecule has 0 aliphatic rings. The monoisotopic (exact) mass is 207 g/mol. The standard InChI is InChI=1S/C10H13N3S/c1-13-6-12-9-4-7(8(11)5-14)2-3-10(9)13/h2-4,6,8,14H,5,11H2,1H3. The zero-order chi connectivity index (χ0) is 10.1. The Kier molecular flexibility index (Phi) is 2.48. The van der Waals surface area contributed by atoms with Gasteiger partial charge in [0.05, 0.1) is 17.4 Å². The van der Waals surface area contributed by atoms with E-state index >= 15 is 0 Å². The lowest BCUT2D eigenvalue weighted by Gasteiger charge is -2.08. The molecule has 2 N–H and O–H groups in total. The van der Waals surface area contributed by atoms with Crippen LogP contribution in [0.2, 0.25) is 0 Å². The van der Waals surface area contributed by atoms with Crippen molar-refractivity contribution < 1.29 is 0 Å². The fourth-order valence-corrected chi connectivity index (χ4v) is 1.70. The molecule has 1 heterocycles. The van der Waals surface area contributed by atoms with Crippen molar-refractivity contribution in [2.75, 3.05) is 5.75 Å². The van der Waals surface area contributed by atoms with Crippen LogP contribution in [-0.4, -0.2) is 15.3 Å². The third kappa shape index (κ3) is 1.51. The third-order valence-electron chi connectivity index (χ3n) is 2.37. The molecule has 0 aliphatic carbocycles. The summed E-state index contributed by atoms with van der Waals surface area (Å²) in [5, 5.41) is 0. The van der Waals surface area contributed by atoms with Gasteiger partial charge in [0.15, 0.2) is 0 Å². The molecule has 0 saturated carbocycles. The average molecular weight is 207 g/mol. The second kappa shape index (κ2) is 3.63. The first-order valence-electron chi connectivity index (χ1n) is 4.50. The quantitative estimate of drug-likeness (QED) is 0.733. The molecule has 1 atom stereocenters. The van der Waals surface area contributed by atoms with Gasteiger partial charge in [0.25, 0.3) is 0 Å². The van der Waals surface area contributed by atoms with Crippen LogP contribution in [0.1, 0.15) is 11.6 Å². The van der Waals surface area contributed by atoms with Crippen molar-refractivity contribution in [1.29, 1.82) is 0 Å². The number of thiol groups is 1. The first-order chi connectivity index (χ1) is 6.72. The number of aromatic nitrogens is 2. The van der Waals surface area contributed by atoms with Crippen molar-refractivity contribution in [3.63, 3.8) is 0 Å². The van der Waals surface area contributed by atoms with Crippen molar-refractivity contribution in [2.24, 2.45) is 12.8 Å². The molecule has 0 radical (unpaired) electrons. The Labute approximate surface area is 88.3 Å². The van der Waals surface area contributed by atoms with Crippen LogP contribution in [0, 0.1) is 0 Å². The topological polar surface area (TPSA) is 43.8 Å². The maximum Gasteiger partial charge on any atom is 0.0955 e. The van der Waals surface area contributed by atoms with E-state index in [4.69, 9.17) is 5.73 Å². The van der Waals surface area contributed by atoms with E-state index < -0.39 is 0 Å². The summed E-state index contributed by atoms with van der Waals surface area (Å²) in [5.41, 5.74) is 9.08. The van der Waals surface area contributed by atoms with Gasteiger partial charge in [-0.3, -0.25) is 0 Å². The molecule has 3 nitrogen and oxygen atoms in total. The Hall–Kier alpha value is -1.00. The number of fused-ring (bicyclic) bond motifs is 1. The van der Waals surface area contributed by atoms with Crippen LogP contribution in [0.5, 0.6) is 0 Å². The zero-order valence-electron chi connectivity index (χ0n) is 8.01. The molecule has 2 aromatic rings. The summed E-state index contributed by atoms with van der Waals surface area (Å²) < 4.78 is 1.99. The van der Waals surface area contributed by atoms with Gasteiger partial charge in [-0.25, -0.2) is 4.98 Å². The van der Waals surface area contributed by atoms with Gasteiger partial charge in [-0.2, -0.15) is 12.6 Å². The predicted octanol–water partition coefficient (Wildman–Crippen LogP) is 1.50. The van der Waals surface area contributed by atoms with E-state index in [0.717, 1.165) is 16.6 Å². The first kappa shape index (κ1) is 9.55. The highest BCUT2D eigenvalue weighted by molar-refractivity contribution is 7.80. The Bertz CT molecular complexity index is 450. The van der Waals surface area contributed by atoms with E-state index in [2.05, 4.69) is 17.6 Å². The highest BCUT2D eigenvalue weighted by Gasteiger charge is 2.06. The van der Waals surface area contributed by atoms with Gasteiger partial charge < -0.3 is 10.3 Å². The lowest BCUT2D eigenvalue weighted by Crippen LogP contribution is -2.11. The van der Waals surface area contributed by atoms with Gasteiger partial charge in [0, 0.05) is 18.8 Å². The number of rotatable bonds is 2. The number of imidazole rings is 1. The van der Waals surface area contributed by atoms with E-state index in [9.17, 15) is 0 Å². The minimum Gasteiger partial charge on any atom is -0.334 e. The highest BCUT2D eigenvalue weighted by Crippen LogP contribution is 2.18. The van der Waals surface area contributed by atoms with Crippen molar-refractivity contribution in [2.45, 2.75) is 6.04 Å². The molecule has 1 unspecified atom stereocenters. The minimum atomic E-state index is -0.00950. The zero-order valence-corrected chi connectivity index (χ0v) is 8.91. The first-order valence-corrected chi connectivity index (χ1v) is 5.13. The number of nitrogens with two attached hydrogens (primary N) is 1. The second-order valence-corrected chi connectivity index (χ2v) is 3.76. The largest absolute Gasteiger partial charge is 0.334 e. The maximum atomic E-state index is 5.88. The third-order valence-corrected chi connectivity index (χ3v) is 2.77. The molecule has 0 aliphatic heterocycles. The molecule has 74 valence electrons. The molecule has 14 heavy (non-hydrogen) atoms. The van der Waals surface area contributed by atoms with Crippen LogP contribution in [0.25, 0.3) is 11.0 Å². The molecule has 1 aromatic carbocycles. The highest BCUT2D eigenvalue weighted by atomic mass is 32.1. The summed E-state index contributed by atoms with van der Waals surface area (Å²) in [4.78, 5) is 4.28. The van der Waals surface area contributed by atoms with Gasteiger partial charge in [-0.05, 0) is 17.7 Å². The van der Waals surface area contributed by atoms with Crippen molar-refractivity contribution >= 4 is 23.7 Å². The normalized spacial score (nSPS) is 13.4. The molecule has 4 heteroatoms. The van der Waals surface area contributed by atoms with Crippen LogP contribution >= 0.6 is 12.6 Å². The van der Waals surface area contributed by atoms with Gasteiger partial charge >= 0.3 is 0 Å². The lowest BCUT2D eigenvalue weighted by atomic mass is 10.1. The van der Waals surface area contributed by atoms with E-state index in [1.807, 2.05) is 29.8 Å². The predicted molar refractivity (Wildman–Crippen MR) is 61.5 cm³/mol. The lowest BCUT2D eigenvalue weighted by molar-refractivity contribution is 0.835. The van der Waals surface area contributed by atoms with E-state index in [-0.39, 0.29) is 6.04 Å². The van der Waals surface area contributed by atoms with Crippen LogP contribution in [-0.2, 0) is 7.05 Å². The van der Waals surface area contributed by atoms with Crippen LogP contribution < -0.4 is 5.73 Å². The van der Waals surface area contributed by atoms with Crippen molar-refractivity contribution in [1.82, 2.24) is 9.55 Å². The average Bonchev–Trinajstić information content (AvgIpc) is 2.59. The second-order valence-electron chi connectivity index (χ2n) is 3.39. The van der Waals surface area contributed by atoms with E-state index in [1.54, 1.807) is 6.33 Å². The summed E-state index contributed by atoms with van der Waals surface area (Å²) in [5.74, 6) is 0.651. The summed E-state index contributed by atoms with van der Waals surface area (Å²) in [6.07, 6.45) is 1.81. The molecular formula is C10H13N3S. The Morgan fingerprint density at radius 1 is 1.57 bits per heavy atom. The summed E-state index contributed by atoms with van der Waals surface area (Å²) in [6.45, 7) is 0. The van der Waals surface area contributed by atoms with Crippen LogP contribution in [0.15, 0.2) is 24.5 Å². The molecular weight excluding hydrogens is 194 g/mol. The molecule has 0 saturated heterocycles. The maximum absolute atomic E-state index is 5.88. The molecule has 2 rings (SSSR count). The Balaban J connectivity index is 2.52. The number of hydrogen-bond donors (Lipinski definition) is 2. The molecule has 0 spiro atoms. The molecule has 1 aromatic heterocycles.